The van der Waals surface area contributed by atoms with E-state index in [4.69, 9.17) is 10.7 Å². The zero-order valence-corrected chi connectivity index (χ0v) is 15.2. The highest BCUT2D eigenvalue weighted by Crippen LogP contribution is 2.25. The molecule has 1 rings (SSSR count). The minimum atomic E-state index is 0.471. The van der Waals surface area contributed by atoms with Crippen molar-refractivity contribution in [2.45, 2.75) is 33.3 Å². The Balaban J connectivity index is 0.000000763. The molecule has 0 spiro atoms. The molecule has 7 heteroatoms. The topological polar surface area (TPSA) is 79.9 Å². The van der Waals surface area contributed by atoms with Crippen LogP contribution in [0.25, 0.3) is 0 Å². The predicted octanol–water partition coefficient (Wildman–Crippen LogP) is 3.13. The summed E-state index contributed by atoms with van der Waals surface area (Å²) in [4.78, 5) is 14.7. The van der Waals surface area contributed by atoms with E-state index in [1.807, 2.05) is 32.2 Å². The third-order valence-electron chi connectivity index (χ3n) is 2.60. The van der Waals surface area contributed by atoms with Gasteiger partial charge < -0.3 is 10.2 Å². The molecule has 0 heterocycles. The number of hydrazine groups is 1. The zero-order chi connectivity index (χ0) is 17.0. The summed E-state index contributed by atoms with van der Waals surface area (Å²) >= 11 is 3.52. The summed E-state index contributed by atoms with van der Waals surface area (Å²) in [6.07, 6.45) is 2.60. The fourth-order valence-corrected chi connectivity index (χ4v) is 2.03. The number of hydrogen-bond donors (Lipinski definition) is 2. The van der Waals surface area contributed by atoms with Gasteiger partial charge in [0.05, 0.1) is 5.71 Å². The summed E-state index contributed by atoms with van der Waals surface area (Å²) in [6.45, 7) is 4.59. The van der Waals surface area contributed by atoms with Crippen LogP contribution in [0.4, 0.5) is 5.69 Å². The minimum Gasteiger partial charge on any atom is -0.391 e. The van der Waals surface area contributed by atoms with E-state index in [0.29, 0.717) is 13.0 Å². The Morgan fingerprint density at radius 3 is 2.68 bits per heavy atom. The van der Waals surface area contributed by atoms with Gasteiger partial charge in [-0.25, -0.2) is 5.84 Å². The Morgan fingerprint density at radius 2 is 2.18 bits per heavy atom. The average Bonchev–Trinajstić information content (AvgIpc) is 2.49. The van der Waals surface area contributed by atoms with Gasteiger partial charge in [0.2, 0.25) is 6.41 Å². The lowest BCUT2D eigenvalue weighted by Gasteiger charge is -2.10. The Labute approximate surface area is 140 Å². The maximum Gasteiger partial charge on any atom is 0.223 e. The van der Waals surface area contributed by atoms with Crippen LogP contribution in [-0.2, 0) is 16.2 Å². The number of amides is 1. The fraction of sp³-hybridized carbons (Fsp3) is 0.467. The van der Waals surface area contributed by atoms with Gasteiger partial charge in [-0.1, -0.05) is 40.5 Å². The summed E-state index contributed by atoms with van der Waals surface area (Å²) < 4.78 is 1.03. The molecule has 1 aromatic carbocycles. The van der Waals surface area contributed by atoms with Crippen molar-refractivity contribution in [1.29, 1.82) is 0 Å². The maximum absolute atomic E-state index is 9.31. The quantitative estimate of drug-likeness (QED) is 0.253. The van der Waals surface area contributed by atoms with Crippen molar-refractivity contribution < 1.29 is 9.63 Å². The van der Waals surface area contributed by atoms with Crippen molar-refractivity contribution in [3.8, 4) is 0 Å². The van der Waals surface area contributed by atoms with Gasteiger partial charge in [0.15, 0.2) is 0 Å². The van der Waals surface area contributed by atoms with Gasteiger partial charge in [-0.15, -0.1) is 0 Å². The smallest absolute Gasteiger partial charge is 0.223 e. The van der Waals surface area contributed by atoms with Gasteiger partial charge >= 0.3 is 0 Å². The van der Waals surface area contributed by atoms with E-state index in [-0.39, 0.29) is 0 Å². The Hall–Kier alpha value is -1.60. The molecular weight excluding hydrogens is 348 g/mol. The van der Waals surface area contributed by atoms with Crippen molar-refractivity contribution in [3.05, 3.63) is 28.2 Å². The van der Waals surface area contributed by atoms with E-state index >= 15 is 0 Å². The molecule has 0 aliphatic rings. The number of nitrogens with zero attached hydrogens (tertiary/aromatic N) is 2. The first-order chi connectivity index (χ1) is 10.5. The van der Waals surface area contributed by atoms with Crippen molar-refractivity contribution in [2.75, 3.05) is 19.4 Å². The molecule has 124 valence electrons. The van der Waals surface area contributed by atoms with Crippen LogP contribution in [-0.4, -0.2) is 31.2 Å². The Bertz CT molecular complexity index is 479. The fourth-order valence-electron chi connectivity index (χ4n) is 1.55. The van der Waals surface area contributed by atoms with Gasteiger partial charge in [0.1, 0.15) is 6.61 Å². The first-order valence-electron chi connectivity index (χ1n) is 6.99. The summed E-state index contributed by atoms with van der Waals surface area (Å²) in [5.41, 5.74) is 3.18. The third kappa shape index (κ3) is 8.63. The normalized spacial score (nSPS) is 10.4. The second-order valence-corrected chi connectivity index (χ2v) is 5.49. The van der Waals surface area contributed by atoms with Crippen LogP contribution in [0.15, 0.2) is 27.8 Å². The largest absolute Gasteiger partial charge is 0.391 e. The lowest BCUT2D eigenvalue weighted by Crippen LogP contribution is -2.23. The van der Waals surface area contributed by atoms with E-state index in [9.17, 15) is 4.79 Å². The molecule has 22 heavy (non-hydrogen) atoms. The van der Waals surface area contributed by atoms with Crippen LogP contribution in [0.2, 0.25) is 0 Å². The molecule has 1 aromatic rings. The SMILES string of the molecule is CCCC(C)=NOCc1c(Br)cccc1NC.CN(N)C=O. The summed E-state index contributed by atoms with van der Waals surface area (Å²) in [5.74, 6) is 4.76. The number of rotatable bonds is 7. The first-order valence-corrected chi connectivity index (χ1v) is 7.78. The minimum absolute atomic E-state index is 0.471. The van der Waals surface area contributed by atoms with Crippen molar-refractivity contribution in [2.24, 2.45) is 11.0 Å². The Kier molecular flexibility index (Phi) is 11.1. The van der Waals surface area contributed by atoms with E-state index in [1.54, 1.807) is 0 Å². The van der Waals surface area contributed by atoms with E-state index in [1.165, 1.54) is 7.05 Å². The molecule has 0 bridgehead atoms. The molecular formula is C15H25BrN4O2. The van der Waals surface area contributed by atoms with Crippen LogP contribution < -0.4 is 11.2 Å². The first kappa shape index (κ1) is 20.4. The molecule has 0 saturated heterocycles. The third-order valence-corrected chi connectivity index (χ3v) is 3.34. The number of carbonyl (C=O) groups is 1. The number of halogens is 1. The van der Waals surface area contributed by atoms with Gasteiger partial charge in [-0.2, -0.15) is 0 Å². The van der Waals surface area contributed by atoms with E-state index in [2.05, 4.69) is 33.3 Å². The highest BCUT2D eigenvalue weighted by Gasteiger charge is 2.05. The number of carbonyl (C=O) groups excluding carboxylic acids is 1. The molecule has 0 atom stereocenters. The summed E-state index contributed by atoms with van der Waals surface area (Å²) in [5, 5.41) is 8.18. The van der Waals surface area contributed by atoms with Gasteiger partial charge in [-0.3, -0.25) is 9.80 Å². The highest BCUT2D eigenvalue weighted by atomic mass is 79.9. The molecule has 0 aromatic heterocycles. The monoisotopic (exact) mass is 372 g/mol. The van der Waals surface area contributed by atoms with Gasteiger partial charge in [0, 0.05) is 29.8 Å². The molecule has 3 N–H and O–H groups in total. The summed E-state index contributed by atoms with van der Waals surface area (Å²) in [7, 11) is 3.36. The molecule has 0 aliphatic heterocycles. The molecule has 0 unspecified atom stereocenters. The van der Waals surface area contributed by atoms with Gasteiger partial charge in [0.25, 0.3) is 0 Å². The molecule has 6 nitrogen and oxygen atoms in total. The van der Waals surface area contributed by atoms with Gasteiger partial charge in [-0.05, 0) is 25.5 Å². The summed E-state index contributed by atoms with van der Waals surface area (Å²) in [6, 6.07) is 6.01. The molecule has 0 fully saturated rings. The predicted molar refractivity (Wildman–Crippen MR) is 94.5 cm³/mol. The second kappa shape index (κ2) is 12.0. The molecule has 0 radical (unpaired) electrons. The van der Waals surface area contributed by atoms with Crippen molar-refractivity contribution in [3.63, 3.8) is 0 Å². The van der Waals surface area contributed by atoms with Crippen LogP contribution in [0, 0.1) is 0 Å². The molecule has 0 saturated carbocycles. The van der Waals surface area contributed by atoms with Crippen LogP contribution in [0.3, 0.4) is 0 Å². The molecule has 1 amide bonds. The van der Waals surface area contributed by atoms with Crippen LogP contribution >= 0.6 is 15.9 Å². The average molecular weight is 373 g/mol. The van der Waals surface area contributed by atoms with Crippen molar-refractivity contribution >= 4 is 33.7 Å². The molecule has 0 aliphatic carbocycles. The Morgan fingerprint density at radius 1 is 1.55 bits per heavy atom. The lowest BCUT2D eigenvalue weighted by atomic mass is 10.2. The van der Waals surface area contributed by atoms with E-state index < -0.39 is 0 Å². The zero-order valence-electron chi connectivity index (χ0n) is 13.6. The highest BCUT2D eigenvalue weighted by molar-refractivity contribution is 9.10. The van der Waals surface area contributed by atoms with Crippen LogP contribution in [0.1, 0.15) is 32.3 Å². The lowest BCUT2D eigenvalue weighted by molar-refractivity contribution is -0.117. The number of anilines is 1. The standard InChI is InChI=1S/C13H19BrN2O.C2H6N2O/c1-4-6-10(2)16-17-9-11-12(14)7-5-8-13(11)15-3;1-4(3)2-5/h5,7-8,15H,4,6,9H2,1-3H3;2H,3H2,1H3. The number of nitrogens with two attached hydrogens (primary N) is 1. The number of oxime groups is 1. The maximum atomic E-state index is 9.31. The number of benzene rings is 1. The van der Waals surface area contributed by atoms with Crippen LogP contribution in [0.5, 0.6) is 0 Å². The number of hydrogen-bond acceptors (Lipinski definition) is 5. The van der Waals surface area contributed by atoms with E-state index in [0.717, 1.165) is 39.3 Å². The number of nitrogens with one attached hydrogen (secondary N) is 1. The van der Waals surface area contributed by atoms with Crippen molar-refractivity contribution in [1.82, 2.24) is 5.01 Å². The second-order valence-electron chi connectivity index (χ2n) is 4.64.